The zero-order chi connectivity index (χ0) is 9.97. The summed E-state index contributed by atoms with van der Waals surface area (Å²) < 4.78 is 0. The van der Waals surface area contributed by atoms with Crippen LogP contribution in [0.1, 0.15) is 11.3 Å². The second kappa shape index (κ2) is 3.54. The van der Waals surface area contributed by atoms with Crippen molar-refractivity contribution < 1.29 is 0 Å². The lowest BCUT2D eigenvalue weighted by Crippen LogP contribution is -2.17. The Hall–Kier alpha value is -1.77. The predicted molar refractivity (Wildman–Crippen MR) is 57.2 cm³/mol. The van der Waals surface area contributed by atoms with Gasteiger partial charge < -0.3 is 11.1 Å². The largest absolute Gasteiger partial charge is 0.398 e. The minimum absolute atomic E-state index is 0.771. The van der Waals surface area contributed by atoms with E-state index in [9.17, 15) is 0 Å². The molecule has 2 rings (SSSR count). The number of hydrogen-bond donors (Lipinski definition) is 2. The van der Waals surface area contributed by atoms with Crippen molar-refractivity contribution in [2.45, 2.75) is 6.92 Å². The molecule has 0 spiro atoms. The molecule has 0 radical (unpaired) electrons. The monoisotopic (exact) mass is 187 g/mol. The quantitative estimate of drug-likeness (QED) is 0.694. The Morgan fingerprint density at radius 3 is 2.93 bits per heavy atom. The van der Waals surface area contributed by atoms with E-state index in [1.165, 1.54) is 0 Å². The molecule has 3 nitrogen and oxygen atoms in total. The summed E-state index contributed by atoms with van der Waals surface area (Å²) in [6, 6.07) is 4.04. The van der Waals surface area contributed by atoms with Gasteiger partial charge in [0.2, 0.25) is 0 Å². The Bertz CT molecular complexity index is 387. The lowest BCUT2D eigenvalue weighted by molar-refractivity contribution is 0.967. The molecule has 0 aromatic carbocycles. The molecule has 0 bridgehead atoms. The number of rotatable bonds is 1. The summed E-state index contributed by atoms with van der Waals surface area (Å²) in [5.74, 6) is 0. The number of aromatic nitrogens is 1. The number of aryl methyl sites for hydroxylation is 1. The van der Waals surface area contributed by atoms with Gasteiger partial charge in [-0.2, -0.15) is 0 Å². The van der Waals surface area contributed by atoms with Crippen molar-refractivity contribution in [3.8, 4) is 0 Å². The number of nitrogens with two attached hydrogens (primary N) is 1. The van der Waals surface area contributed by atoms with E-state index in [0.717, 1.165) is 29.1 Å². The Morgan fingerprint density at radius 2 is 2.29 bits per heavy atom. The maximum absolute atomic E-state index is 5.87. The van der Waals surface area contributed by atoms with Crippen LogP contribution in [-0.4, -0.2) is 11.5 Å². The Kier molecular flexibility index (Phi) is 2.23. The lowest BCUT2D eigenvalue weighted by atomic mass is 10.0. The predicted octanol–water partition coefficient (Wildman–Crippen LogP) is 1.18. The Morgan fingerprint density at radius 1 is 1.43 bits per heavy atom. The van der Waals surface area contributed by atoms with Crippen LogP contribution in [0.25, 0.3) is 5.57 Å². The van der Waals surface area contributed by atoms with Gasteiger partial charge in [0.25, 0.3) is 0 Å². The number of nitrogens with zero attached hydrogens (tertiary/aromatic N) is 1. The maximum Gasteiger partial charge on any atom is 0.0422 e. The fourth-order valence-electron chi connectivity index (χ4n) is 1.43. The molecule has 2 heterocycles. The standard InChI is InChI=1S/C11H13N3/c1-8-2-3-9(6-14-8)10-7-13-5-4-11(10)12/h2-6,13H,7,12H2,1H3. The second-order valence-corrected chi connectivity index (χ2v) is 3.34. The first kappa shape index (κ1) is 8.81. The number of allylic oxidation sites excluding steroid dienone is 1. The van der Waals surface area contributed by atoms with Crippen LogP contribution < -0.4 is 11.1 Å². The van der Waals surface area contributed by atoms with Crippen LogP contribution in [0.3, 0.4) is 0 Å². The molecule has 0 saturated heterocycles. The smallest absolute Gasteiger partial charge is 0.0422 e. The third-order valence-corrected chi connectivity index (χ3v) is 2.27. The van der Waals surface area contributed by atoms with E-state index in [1.54, 1.807) is 0 Å². The molecule has 1 aromatic rings. The van der Waals surface area contributed by atoms with Crippen LogP contribution in [-0.2, 0) is 0 Å². The molecule has 0 atom stereocenters. The van der Waals surface area contributed by atoms with Crippen molar-refractivity contribution in [2.75, 3.05) is 6.54 Å². The molecule has 1 aliphatic rings. The molecule has 72 valence electrons. The number of nitrogens with one attached hydrogen (secondary N) is 1. The SMILES string of the molecule is Cc1ccc(C2=C(N)C=CNC2)cn1. The third kappa shape index (κ3) is 1.62. The molecule has 0 fully saturated rings. The van der Waals surface area contributed by atoms with Crippen molar-refractivity contribution in [3.05, 3.63) is 47.6 Å². The molecule has 0 saturated carbocycles. The molecule has 0 aliphatic carbocycles. The minimum Gasteiger partial charge on any atom is -0.398 e. The average Bonchev–Trinajstić information content (AvgIpc) is 2.20. The van der Waals surface area contributed by atoms with E-state index in [-0.39, 0.29) is 0 Å². The second-order valence-electron chi connectivity index (χ2n) is 3.34. The molecule has 0 unspecified atom stereocenters. The molecular weight excluding hydrogens is 174 g/mol. The van der Waals surface area contributed by atoms with Gasteiger partial charge in [-0.3, -0.25) is 4.98 Å². The minimum atomic E-state index is 0.771. The van der Waals surface area contributed by atoms with Gasteiger partial charge in [0.1, 0.15) is 0 Å². The summed E-state index contributed by atoms with van der Waals surface area (Å²) in [5.41, 5.74) is 9.91. The van der Waals surface area contributed by atoms with Crippen molar-refractivity contribution in [2.24, 2.45) is 5.73 Å². The molecule has 1 aromatic heterocycles. The first-order valence-corrected chi connectivity index (χ1v) is 4.59. The van der Waals surface area contributed by atoms with Crippen LogP contribution in [0, 0.1) is 6.92 Å². The van der Waals surface area contributed by atoms with E-state index in [0.29, 0.717) is 0 Å². The van der Waals surface area contributed by atoms with E-state index < -0.39 is 0 Å². The molecule has 14 heavy (non-hydrogen) atoms. The van der Waals surface area contributed by atoms with E-state index in [2.05, 4.69) is 10.3 Å². The summed E-state index contributed by atoms with van der Waals surface area (Å²) in [6.45, 7) is 2.74. The van der Waals surface area contributed by atoms with Gasteiger partial charge in [-0.25, -0.2) is 0 Å². The van der Waals surface area contributed by atoms with Crippen LogP contribution in [0.5, 0.6) is 0 Å². The fourth-order valence-corrected chi connectivity index (χ4v) is 1.43. The van der Waals surface area contributed by atoms with Crippen molar-refractivity contribution >= 4 is 5.57 Å². The number of hydrogen-bond acceptors (Lipinski definition) is 3. The van der Waals surface area contributed by atoms with Gasteiger partial charge in [-0.05, 0) is 30.8 Å². The summed E-state index contributed by atoms with van der Waals surface area (Å²) in [7, 11) is 0. The number of dihydropyridines is 1. The first-order valence-electron chi connectivity index (χ1n) is 4.59. The highest BCUT2D eigenvalue weighted by molar-refractivity contribution is 5.72. The van der Waals surface area contributed by atoms with Crippen molar-refractivity contribution in [1.29, 1.82) is 0 Å². The van der Waals surface area contributed by atoms with Gasteiger partial charge in [-0.15, -0.1) is 0 Å². The van der Waals surface area contributed by atoms with Gasteiger partial charge in [0.05, 0.1) is 0 Å². The number of pyridine rings is 1. The van der Waals surface area contributed by atoms with Crippen LogP contribution in [0.15, 0.2) is 36.3 Å². The molecule has 3 heteroatoms. The highest BCUT2D eigenvalue weighted by atomic mass is 14.8. The average molecular weight is 187 g/mol. The molecule has 0 amide bonds. The van der Waals surface area contributed by atoms with Crippen molar-refractivity contribution in [1.82, 2.24) is 10.3 Å². The fraction of sp³-hybridized carbons (Fsp3) is 0.182. The topological polar surface area (TPSA) is 50.9 Å². The van der Waals surface area contributed by atoms with Gasteiger partial charge >= 0.3 is 0 Å². The van der Waals surface area contributed by atoms with Gasteiger partial charge in [0, 0.05) is 29.7 Å². The normalized spacial score (nSPS) is 15.5. The van der Waals surface area contributed by atoms with Gasteiger partial charge in [-0.1, -0.05) is 6.07 Å². The van der Waals surface area contributed by atoms with E-state index in [4.69, 9.17) is 5.73 Å². The molecule has 3 N–H and O–H groups in total. The third-order valence-electron chi connectivity index (χ3n) is 2.27. The summed E-state index contributed by atoms with van der Waals surface area (Å²) in [5, 5.41) is 3.13. The zero-order valence-corrected chi connectivity index (χ0v) is 8.12. The summed E-state index contributed by atoms with van der Waals surface area (Å²) in [6.07, 6.45) is 5.59. The van der Waals surface area contributed by atoms with Crippen LogP contribution in [0.2, 0.25) is 0 Å². The Labute approximate surface area is 83.3 Å². The first-order chi connectivity index (χ1) is 6.77. The lowest BCUT2D eigenvalue weighted by Gasteiger charge is -2.14. The zero-order valence-electron chi connectivity index (χ0n) is 8.12. The van der Waals surface area contributed by atoms with Crippen LogP contribution >= 0.6 is 0 Å². The highest BCUT2D eigenvalue weighted by Crippen LogP contribution is 2.17. The maximum atomic E-state index is 5.87. The van der Waals surface area contributed by atoms with Gasteiger partial charge in [0.15, 0.2) is 0 Å². The van der Waals surface area contributed by atoms with Crippen molar-refractivity contribution in [3.63, 3.8) is 0 Å². The Balaban J connectivity index is 2.39. The molecule has 1 aliphatic heterocycles. The molecular formula is C11H13N3. The van der Waals surface area contributed by atoms with E-state index in [1.807, 2.05) is 37.5 Å². The summed E-state index contributed by atoms with van der Waals surface area (Å²) in [4.78, 5) is 4.25. The van der Waals surface area contributed by atoms with E-state index >= 15 is 0 Å². The summed E-state index contributed by atoms with van der Waals surface area (Å²) >= 11 is 0. The van der Waals surface area contributed by atoms with Crippen LogP contribution in [0.4, 0.5) is 0 Å². The highest BCUT2D eigenvalue weighted by Gasteiger charge is 2.07.